The molecule has 4 nitrogen and oxygen atoms in total. The van der Waals surface area contributed by atoms with Crippen LogP contribution < -0.4 is 10.6 Å². The van der Waals surface area contributed by atoms with E-state index in [9.17, 15) is 0 Å². The van der Waals surface area contributed by atoms with Crippen LogP contribution in [0, 0.1) is 0 Å². The monoisotopic (exact) mass is 260 g/mol. The summed E-state index contributed by atoms with van der Waals surface area (Å²) in [5.41, 5.74) is 0. The van der Waals surface area contributed by atoms with Crippen molar-refractivity contribution in [2.45, 2.75) is 45.3 Å². The molecule has 1 rings (SSSR count). The fourth-order valence-electron chi connectivity index (χ4n) is 1.81. The van der Waals surface area contributed by atoms with Crippen molar-refractivity contribution >= 4 is 17.3 Å². The molecule has 0 saturated heterocycles. The maximum Gasteiger partial charge on any atom is 0.166 e. The smallest absolute Gasteiger partial charge is 0.166 e. The number of ether oxygens (including phenoxy) is 2. The molecule has 0 radical (unpaired) electrons. The maximum absolute atomic E-state index is 5.49. The van der Waals surface area contributed by atoms with Crippen LogP contribution in [0.1, 0.15) is 33.1 Å². The second-order valence-electron chi connectivity index (χ2n) is 4.20. The summed E-state index contributed by atoms with van der Waals surface area (Å²) in [4.78, 5) is 0. The van der Waals surface area contributed by atoms with E-state index in [1.54, 1.807) is 0 Å². The zero-order chi connectivity index (χ0) is 12.5. The number of rotatable bonds is 8. The van der Waals surface area contributed by atoms with Crippen molar-refractivity contribution in [2.24, 2.45) is 0 Å². The minimum absolute atomic E-state index is 0.429. The van der Waals surface area contributed by atoms with E-state index < -0.39 is 0 Å². The molecule has 1 aliphatic rings. The highest BCUT2D eigenvalue weighted by atomic mass is 32.1. The van der Waals surface area contributed by atoms with Crippen LogP contribution in [0.3, 0.4) is 0 Å². The first-order chi connectivity index (χ1) is 8.26. The van der Waals surface area contributed by atoms with Crippen molar-refractivity contribution in [3.63, 3.8) is 0 Å². The highest BCUT2D eigenvalue weighted by Crippen LogP contribution is 2.22. The number of thiocarbonyl (C=S) groups is 1. The highest BCUT2D eigenvalue weighted by molar-refractivity contribution is 7.80. The summed E-state index contributed by atoms with van der Waals surface area (Å²) < 4.78 is 10.7. The third-order valence-electron chi connectivity index (χ3n) is 2.79. The third-order valence-corrected chi connectivity index (χ3v) is 3.05. The van der Waals surface area contributed by atoms with Crippen molar-refractivity contribution < 1.29 is 9.47 Å². The van der Waals surface area contributed by atoms with Gasteiger partial charge in [-0.1, -0.05) is 0 Å². The number of hydrogen-bond donors (Lipinski definition) is 2. The molecule has 0 aromatic heterocycles. The van der Waals surface area contributed by atoms with Crippen molar-refractivity contribution in [2.75, 3.05) is 26.4 Å². The van der Waals surface area contributed by atoms with E-state index in [2.05, 4.69) is 10.6 Å². The third kappa shape index (κ3) is 6.19. The second kappa shape index (κ2) is 8.66. The first-order valence-corrected chi connectivity index (χ1v) is 6.90. The zero-order valence-electron chi connectivity index (χ0n) is 10.8. The molecule has 0 aromatic rings. The molecule has 0 aromatic carbocycles. The maximum atomic E-state index is 5.49. The van der Waals surface area contributed by atoms with E-state index in [0.717, 1.165) is 50.7 Å². The Kier molecular flexibility index (Phi) is 7.48. The average molecular weight is 260 g/mol. The van der Waals surface area contributed by atoms with E-state index >= 15 is 0 Å². The van der Waals surface area contributed by atoms with Crippen LogP contribution in [-0.2, 0) is 9.47 Å². The molecule has 0 atom stereocenters. The summed E-state index contributed by atoms with van der Waals surface area (Å²) in [5.74, 6) is 0. The van der Waals surface area contributed by atoms with Crippen molar-refractivity contribution in [1.82, 2.24) is 10.6 Å². The summed E-state index contributed by atoms with van der Waals surface area (Å²) in [6, 6.07) is 0.485. The van der Waals surface area contributed by atoms with E-state index in [1.807, 2.05) is 13.8 Å². The van der Waals surface area contributed by atoms with Crippen LogP contribution in [0.25, 0.3) is 0 Å². The molecule has 1 fully saturated rings. The lowest BCUT2D eigenvalue weighted by atomic mass is 9.89. The molecule has 0 aliphatic heterocycles. The summed E-state index contributed by atoms with van der Waals surface area (Å²) in [6.07, 6.45) is 3.55. The standard InChI is InChI=1S/C12H24N2O2S/c1-3-15-7-5-6-13-12(17)14-10-8-11(9-10)16-4-2/h10-11H,3-9H2,1-2H3,(H2,13,14,17). The summed E-state index contributed by atoms with van der Waals surface area (Å²) in [7, 11) is 0. The first-order valence-electron chi connectivity index (χ1n) is 6.50. The molecule has 1 saturated carbocycles. The second-order valence-corrected chi connectivity index (χ2v) is 4.60. The van der Waals surface area contributed by atoms with Crippen molar-refractivity contribution in [1.29, 1.82) is 0 Å². The van der Waals surface area contributed by atoms with Gasteiger partial charge in [-0.25, -0.2) is 0 Å². The van der Waals surface area contributed by atoms with Gasteiger partial charge in [0.25, 0.3) is 0 Å². The van der Waals surface area contributed by atoms with Crippen LogP contribution in [0.5, 0.6) is 0 Å². The predicted octanol–water partition coefficient (Wildman–Crippen LogP) is 1.44. The van der Waals surface area contributed by atoms with Gasteiger partial charge in [-0.3, -0.25) is 0 Å². The highest BCUT2D eigenvalue weighted by Gasteiger charge is 2.29. The fraction of sp³-hybridized carbons (Fsp3) is 0.917. The molecule has 0 bridgehead atoms. The van der Waals surface area contributed by atoms with Crippen LogP contribution in [-0.4, -0.2) is 43.6 Å². The van der Waals surface area contributed by atoms with E-state index in [4.69, 9.17) is 21.7 Å². The predicted molar refractivity (Wildman–Crippen MR) is 73.3 cm³/mol. The lowest BCUT2D eigenvalue weighted by molar-refractivity contribution is -0.00563. The summed E-state index contributed by atoms with van der Waals surface area (Å²) in [6.45, 7) is 7.28. The Hall–Kier alpha value is -0.390. The Morgan fingerprint density at radius 2 is 2.06 bits per heavy atom. The Bertz CT molecular complexity index is 221. The Balaban J connectivity index is 1.92. The topological polar surface area (TPSA) is 42.5 Å². The first kappa shape index (κ1) is 14.7. The zero-order valence-corrected chi connectivity index (χ0v) is 11.6. The minimum atomic E-state index is 0.429. The Labute approximate surface area is 109 Å². The quantitative estimate of drug-likeness (QED) is 0.511. The summed E-state index contributed by atoms with van der Waals surface area (Å²) >= 11 is 5.21. The van der Waals surface area contributed by atoms with Gasteiger partial charge in [-0.15, -0.1) is 0 Å². The van der Waals surface area contributed by atoms with Gasteiger partial charge < -0.3 is 20.1 Å². The Morgan fingerprint density at radius 1 is 1.29 bits per heavy atom. The minimum Gasteiger partial charge on any atom is -0.382 e. The van der Waals surface area contributed by atoms with Gasteiger partial charge in [0.2, 0.25) is 0 Å². The lowest BCUT2D eigenvalue weighted by Gasteiger charge is -2.36. The van der Waals surface area contributed by atoms with Crippen LogP contribution in [0.15, 0.2) is 0 Å². The van der Waals surface area contributed by atoms with Gasteiger partial charge in [0.15, 0.2) is 5.11 Å². The van der Waals surface area contributed by atoms with Crippen LogP contribution in [0.4, 0.5) is 0 Å². The molecule has 1 aliphatic carbocycles. The van der Waals surface area contributed by atoms with E-state index in [1.165, 1.54) is 0 Å². The van der Waals surface area contributed by atoms with E-state index in [0.29, 0.717) is 12.1 Å². The molecular formula is C12H24N2O2S. The van der Waals surface area contributed by atoms with Gasteiger partial charge in [-0.05, 0) is 45.3 Å². The molecule has 0 amide bonds. The SMILES string of the molecule is CCOCCCNC(=S)NC1CC(OCC)C1. The van der Waals surface area contributed by atoms with Gasteiger partial charge in [0.1, 0.15) is 0 Å². The molecule has 0 spiro atoms. The molecule has 2 N–H and O–H groups in total. The molecule has 17 heavy (non-hydrogen) atoms. The molecule has 100 valence electrons. The summed E-state index contributed by atoms with van der Waals surface area (Å²) in [5, 5.41) is 7.23. The van der Waals surface area contributed by atoms with Crippen molar-refractivity contribution in [3.8, 4) is 0 Å². The Morgan fingerprint density at radius 3 is 2.71 bits per heavy atom. The molecule has 0 heterocycles. The number of nitrogens with one attached hydrogen (secondary N) is 2. The van der Waals surface area contributed by atoms with Gasteiger partial charge in [0.05, 0.1) is 6.10 Å². The molecule has 5 heteroatoms. The van der Waals surface area contributed by atoms with Crippen LogP contribution in [0.2, 0.25) is 0 Å². The molecular weight excluding hydrogens is 236 g/mol. The van der Waals surface area contributed by atoms with Gasteiger partial charge >= 0.3 is 0 Å². The van der Waals surface area contributed by atoms with E-state index in [-0.39, 0.29) is 0 Å². The fourth-order valence-corrected chi connectivity index (χ4v) is 2.08. The number of hydrogen-bond acceptors (Lipinski definition) is 3. The van der Waals surface area contributed by atoms with Gasteiger partial charge in [-0.2, -0.15) is 0 Å². The largest absolute Gasteiger partial charge is 0.382 e. The van der Waals surface area contributed by atoms with Crippen LogP contribution >= 0.6 is 12.2 Å². The normalized spacial score (nSPS) is 22.9. The lowest BCUT2D eigenvalue weighted by Crippen LogP contribution is -2.51. The molecule has 0 unspecified atom stereocenters. The van der Waals surface area contributed by atoms with Crippen molar-refractivity contribution in [3.05, 3.63) is 0 Å². The average Bonchev–Trinajstić information content (AvgIpc) is 2.26. The van der Waals surface area contributed by atoms with Gasteiger partial charge in [0, 0.05) is 32.4 Å².